The van der Waals surface area contributed by atoms with E-state index in [1.165, 1.54) is 43.5 Å². The zero-order valence-corrected chi connectivity index (χ0v) is 19.8. The Hall–Kier alpha value is -3.66. The van der Waals surface area contributed by atoms with Crippen molar-refractivity contribution in [3.05, 3.63) is 64.3 Å². The fourth-order valence-corrected chi connectivity index (χ4v) is 4.64. The number of amides is 3. The first-order valence-electron chi connectivity index (χ1n) is 11.1. The second kappa shape index (κ2) is 10.7. The van der Waals surface area contributed by atoms with Crippen molar-refractivity contribution in [1.82, 2.24) is 9.80 Å². The van der Waals surface area contributed by atoms with Crippen LogP contribution in [0.4, 0.5) is 9.18 Å². The molecule has 0 aromatic heterocycles. The van der Waals surface area contributed by atoms with E-state index < -0.39 is 22.9 Å². The van der Waals surface area contributed by atoms with Crippen LogP contribution in [0.15, 0.2) is 47.4 Å². The van der Waals surface area contributed by atoms with Crippen molar-refractivity contribution in [1.29, 1.82) is 0 Å². The monoisotopic (exact) mass is 498 g/mol. The number of nitrogens with zero attached hydrogens (tertiary/aromatic N) is 2. The van der Waals surface area contributed by atoms with Gasteiger partial charge in [0.25, 0.3) is 11.1 Å². The van der Waals surface area contributed by atoms with Gasteiger partial charge in [0.05, 0.1) is 17.6 Å². The zero-order valence-electron chi connectivity index (χ0n) is 19.0. The fourth-order valence-electron chi connectivity index (χ4n) is 3.81. The Bertz CT molecular complexity index is 1210. The van der Waals surface area contributed by atoms with Gasteiger partial charge in [-0.1, -0.05) is 18.2 Å². The Balaban J connectivity index is 1.47. The highest BCUT2D eigenvalue weighted by atomic mass is 32.2. The number of carbonyl (C=O) groups is 4. The highest BCUT2D eigenvalue weighted by molar-refractivity contribution is 8.18. The average Bonchev–Trinajstić information content (AvgIpc) is 3.12. The molecule has 3 amide bonds. The van der Waals surface area contributed by atoms with Crippen LogP contribution in [0.2, 0.25) is 0 Å². The Morgan fingerprint density at radius 3 is 2.51 bits per heavy atom. The second-order valence-electron chi connectivity index (χ2n) is 7.99. The summed E-state index contributed by atoms with van der Waals surface area (Å²) in [5.41, 5.74) is 0.298. The quantitative estimate of drug-likeness (QED) is 0.336. The van der Waals surface area contributed by atoms with Crippen molar-refractivity contribution < 1.29 is 33.0 Å². The van der Waals surface area contributed by atoms with Crippen LogP contribution < -0.4 is 9.47 Å². The van der Waals surface area contributed by atoms with Crippen LogP contribution in [0.3, 0.4) is 0 Å². The number of imide groups is 1. The van der Waals surface area contributed by atoms with Gasteiger partial charge < -0.3 is 14.4 Å². The summed E-state index contributed by atoms with van der Waals surface area (Å²) in [5, 5.41) is -0.506. The van der Waals surface area contributed by atoms with Gasteiger partial charge in [-0.3, -0.25) is 19.3 Å². The molecule has 2 aliphatic rings. The number of halogens is 1. The van der Waals surface area contributed by atoms with Gasteiger partial charge in [0, 0.05) is 13.1 Å². The molecule has 2 aromatic rings. The highest BCUT2D eigenvalue weighted by Crippen LogP contribution is 2.35. The molecule has 0 unspecified atom stereocenters. The van der Waals surface area contributed by atoms with Gasteiger partial charge in [-0.2, -0.15) is 0 Å². The van der Waals surface area contributed by atoms with E-state index in [-0.39, 0.29) is 34.4 Å². The Morgan fingerprint density at radius 1 is 1.06 bits per heavy atom. The van der Waals surface area contributed by atoms with Crippen LogP contribution in [0, 0.1) is 5.82 Å². The zero-order chi connectivity index (χ0) is 24.9. The van der Waals surface area contributed by atoms with E-state index in [2.05, 4.69) is 0 Å². The molecule has 0 bridgehead atoms. The van der Waals surface area contributed by atoms with Crippen molar-refractivity contribution in [3.63, 3.8) is 0 Å². The minimum absolute atomic E-state index is 0.0677. The van der Waals surface area contributed by atoms with E-state index in [0.29, 0.717) is 18.7 Å². The van der Waals surface area contributed by atoms with Gasteiger partial charge in [0.1, 0.15) is 12.4 Å². The van der Waals surface area contributed by atoms with Crippen LogP contribution in [-0.2, 0) is 9.59 Å². The van der Waals surface area contributed by atoms with Crippen molar-refractivity contribution in [2.24, 2.45) is 0 Å². The predicted molar refractivity (Wildman–Crippen MR) is 127 cm³/mol. The molecule has 2 saturated heterocycles. The number of piperidine rings is 1. The first-order chi connectivity index (χ1) is 16.9. The third-order valence-electron chi connectivity index (χ3n) is 5.66. The van der Waals surface area contributed by atoms with E-state index in [1.807, 2.05) is 0 Å². The summed E-state index contributed by atoms with van der Waals surface area (Å²) in [6.07, 6.45) is 4.40. The molecule has 0 atom stereocenters. The molecule has 10 heteroatoms. The molecular weight excluding hydrogens is 475 g/mol. The van der Waals surface area contributed by atoms with Gasteiger partial charge in [-0.05, 0) is 66.9 Å². The van der Waals surface area contributed by atoms with Crippen LogP contribution in [0.25, 0.3) is 6.08 Å². The molecular formula is C25H23FN2O6S. The number of carbonyl (C=O) groups excluding carboxylic acids is 4. The average molecular weight is 499 g/mol. The number of benzene rings is 2. The molecule has 0 radical (unpaired) electrons. The SMILES string of the molecule is COc1cc(/C=C2\SC(=O)N(CC(=O)N3CCCCC3)C2=O)ccc1OC(=O)c1ccccc1F. The smallest absolute Gasteiger partial charge is 0.346 e. The lowest BCUT2D eigenvalue weighted by atomic mass is 10.1. The largest absolute Gasteiger partial charge is 0.493 e. The highest BCUT2D eigenvalue weighted by Gasteiger charge is 2.37. The minimum Gasteiger partial charge on any atom is -0.493 e. The Kier molecular flexibility index (Phi) is 7.50. The van der Waals surface area contributed by atoms with E-state index in [1.54, 1.807) is 11.0 Å². The first kappa shape index (κ1) is 24.5. The number of rotatable bonds is 6. The summed E-state index contributed by atoms with van der Waals surface area (Å²) in [7, 11) is 1.37. The molecule has 2 aromatic carbocycles. The summed E-state index contributed by atoms with van der Waals surface area (Å²) in [6, 6.07) is 10.00. The normalized spacial score (nSPS) is 17.1. The number of hydrogen-bond acceptors (Lipinski definition) is 7. The molecule has 0 saturated carbocycles. The summed E-state index contributed by atoms with van der Waals surface area (Å²) < 4.78 is 24.4. The van der Waals surface area contributed by atoms with Crippen molar-refractivity contribution in [2.75, 3.05) is 26.7 Å². The maximum Gasteiger partial charge on any atom is 0.346 e. The number of methoxy groups -OCH3 is 1. The van der Waals surface area contributed by atoms with Crippen LogP contribution >= 0.6 is 11.8 Å². The molecule has 0 spiro atoms. The molecule has 0 N–H and O–H groups in total. The van der Waals surface area contributed by atoms with E-state index in [4.69, 9.17) is 9.47 Å². The molecule has 35 heavy (non-hydrogen) atoms. The molecule has 8 nitrogen and oxygen atoms in total. The summed E-state index contributed by atoms with van der Waals surface area (Å²) in [6.45, 7) is 0.993. The van der Waals surface area contributed by atoms with Gasteiger partial charge in [0.15, 0.2) is 11.5 Å². The fraction of sp³-hybridized carbons (Fsp3) is 0.280. The lowest BCUT2D eigenvalue weighted by Crippen LogP contribution is -2.44. The Morgan fingerprint density at radius 2 is 1.80 bits per heavy atom. The number of ether oxygens (including phenoxy) is 2. The molecule has 4 rings (SSSR count). The Labute approximate surface area is 205 Å². The van der Waals surface area contributed by atoms with Gasteiger partial charge >= 0.3 is 5.97 Å². The summed E-state index contributed by atoms with van der Waals surface area (Å²) in [5.74, 6) is -2.12. The van der Waals surface area contributed by atoms with E-state index in [0.717, 1.165) is 42.0 Å². The van der Waals surface area contributed by atoms with Gasteiger partial charge in [-0.15, -0.1) is 0 Å². The molecule has 2 aliphatic heterocycles. The number of likely N-dealkylation sites (tertiary alicyclic amines) is 1. The third kappa shape index (κ3) is 5.54. The number of hydrogen-bond donors (Lipinski definition) is 0. The van der Waals surface area contributed by atoms with E-state index in [9.17, 15) is 23.6 Å². The van der Waals surface area contributed by atoms with Crippen molar-refractivity contribution >= 4 is 40.9 Å². The second-order valence-corrected chi connectivity index (χ2v) is 8.98. The predicted octanol–water partition coefficient (Wildman–Crippen LogP) is 4.10. The van der Waals surface area contributed by atoms with Crippen molar-refractivity contribution in [3.8, 4) is 11.5 Å². The lowest BCUT2D eigenvalue weighted by Gasteiger charge is -2.27. The number of thioether (sulfide) groups is 1. The van der Waals surface area contributed by atoms with Crippen LogP contribution in [-0.4, -0.2) is 59.6 Å². The first-order valence-corrected chi connectivity index (χ1v) is 11.9. The molecule has 182 valence electrons. The van der Waals surface area contributed by atoms with Gasteiger partial charge in [-0.25, -0.2) is 9.18 Å². The minimum atomic E-state index is -0.881. The van der Waals surface area contributed by atoms with E-state index >= 15 is 0 Å². The molecule has 2 heterocycles. The standard InChI is InChI=1S/C25H23FN2O6S/c1-33-20-13-16(9-10-19(20)34-24(31)17-7-3-4-8-18(17)26)14-21-23(30)28(25(32)35-21)15-22(29)27-11-5-2-6-12-27/h3-4,7-10,13-14H,2,5-6,11-12,15H2,1H3/b21-14-. The van der Waals surface area contributed by atoms with Crippen LogP contribution in [0.5, 0.6) is 11.5 Å². The van der Waals surface area contributed by atoms with Crippen molar-refractivity contribution in [2.45, 2.75) is 19.3 Å². The summed E-state index contributed by atoms with van der Waals surface area (Å²) in [4.78, 5) is 52.9. The third-order valence-corrected chi connectivity index (χ3v) is 6.56. The summed E-state index contributed by atoms with van der Waals surface area (Å²) >= 11 is 0.752. The number of esters is 1. The maximum absolute atomic E-state index is 13.9. The topological polar surface area (TPSA) is 93.2 Å². The molecule has 2 fully saturated rings. The lowest BCUT2D eigenvalue weighted by molar-refractivity contribution is -0.136. The van der Waals surface area contributed by atoms with Crippen LogP contribution in [0.1, 0.15) is 35.2 Å². The maximum atomic E-state index is 13.9. The van der Waals surface area contributed by atoms with Gasteiger partial charge in [0.2, 0.25) is 5.91 Å². The molecule has 0 aliphatic carbocycles.